The minimum atomic E-state index is -1.06. The van der Waals surface area contributed by atoms with Gasteiger partial charge in [-0.15, -0.1) is 0 Å². The van der Waals surface area contributed by atoms with Crippen molar-refractivity contribution in [2.45, 2.75) is 115 Å². The van der Waals surface area contributed by atoms with E-state index in [9.17, 15) is 19.8 Å². The van der Waals surface area contributed by atoms with Crippen LogP contribution in [0.15, 0.2) is 0 Å². The van der Waals surface area contributed by atoms with Gasteiger partial charge in [0.25, 0.3) is 0 Å². The summed E-state index contributed by atoms with van der Waals surface area (Å²) in [5.74, 6) is -1.01. The molecule has 0 aromatic carbocycles. The molecule has 0 aliphatic heterocycles. The number of nitrogens with zero attached hydrogens (tertiary/aromatic N) is 1. The minimum absolute atomic E-state index is 0.00382. The van der Waals surface area contributed by atoms with Gasteiger partial charge in [-0.05, 0) is 19.3 Å². The Hall–Kier alpha value is -1.26. The van der Waals surface area contributed by atoms with Gasteiger partial charge in [-0.3, -0.25) is 4.79 Å². The fourth-order valence-electron chi connectivity index (χ4n) is 4.54. The summed E-state index contributed by atoms with van der Waals surface area (Å²) in [4.78, 5) is 22.8. The van der Waals surface area contributed by atoms with Crippen molar-refractivity contribution >= 4 is 11.9 Å². The first kappa shape index (κ1) is 36.7. The molecule has 0 fully saturated rings. The number of amides is 1. The number of nitrogens with one attached hydrogen (secondary N) is 1. The Morgan fingerprint density at radius 1 is 0.868 bits per heavy atom. The summed E-state index contributed by atoms with van der Waals surface area (Å²) in [7, 11) is 3.69. The van der Waals surface area contributed by atoms with E-state index >= 15 is 0 Å². The SMILES string of the molecule is CCCCCCCCC(O)C(CCCCCCCC(=O)NCCC[N+](C)(C)CC(=O)[O-])OCCOCCO. The zero-order valence-corrected chi connectivity index (χ0v) is 24.6. The molecule has 9 nitrogen and oxygen atoms in total. The molecule has 226 valence electrons. The molecule has 3 N–H and O–H groups in total. The number of likely N-dealkylation sites (N-methyl/N-ethyl adjacent to an activating group) is 1. The highest BCUT2D eigenvalue weighted by Crippen LogP contribution is 2.18. The summed E-state index contributed by atoms with van der Waals surface area (Å²) in [6.45, 7) is 4.54. The topological polar surface area (TPSA) is 128 Å². The number of carbonyl (C=O) groups is 2. The number of carbonyl (C=O) groups excluding carboxylic acids is 2. The van der Waals surface area contributed by atoms with Gasteiger partial charge >= 0.3 is 0 Å². The van der Waals surface area contributed by atoms with E-state index in [1.54, 1.807) is 0 Å². The van der Waals surface area contributed by atoms with Crippen molar-refractivity contribution in [3.63, 3.8) is 0 Å². The lowest BCUT2D eigenvalue weighted by atomic mass is 9.99. The lowest BCUT2D eigenvalue weighted by molar-refractivity contribution is -0.884. The predicted octanol–water partition coefficient (Wildman–Crippen LogP) is 2.56. The Morgan fingerprint density at radius 3 is 2.16 bits per heavy atom. The second-order valence-corrected chi connectivity index (χ2v) is 11.1. The highest BCUT2D eigenvalue weighted by molar-refractivity contribution is 5.75. The largest absolute Gasteiger partial charge is 0.544 e. The Labute approximate surface area is 231 Å². The molecule has 0 radical (unpaired) electrons. The number of hydrogen-bond acceptors (Lipinski definition) is 7. The molecule has 0 spiro atoms. The van der Waals surface area contributed by atoms with E-state index in [1.165, 1.54) is 25.7 Å². The summed E-state index contributed by atoms with van der Waals surface area (Å²) in [6, 6.07) is 0. The van der Waals surface area contributed by atoms with Crippen molar-refractivity contribution in [1.29, 1.82) is 0 Å². The second kappa shape index (κ2) is 24.8. The molecule has 0 saturated heterocycles. The standard InChI is InChI=1S/C29H58N2O7/c1-4-5-6-7-9-12-16-26(33)27(38-24-23-37-22-21-32)17-13-10-8-11-14-18-28(34)30-19-15-20-31(2,3)25-29(35)36/h26-27,32-33H,4-25H2,1-3H3,(H-,30,34,35,36). The quantitative estimate of drug-likeness (QED) is 0.102. The molecule has 0 aromatic heterocycles. The number of carboxylic acids is 1. The zero-order valence-electron chi connectivity index (χ0n) is 24.6. The van der Waals surface area contributed by atoms with E-state index in [1.807, 2.05) is 14.1 Å². The maximum Gasteiger partial charge on any atom is 0.219 e. The summed E-state index contributed by atoms with van der Waals surface area (Å²) >= 11 is 0. The number of aliphatic hydroxyl groups is 2. The lowest BCUT2D eigenvalue weighted by Crippen LogP contribution is -2.49. The Morgan fingerprint density at radius 2 is 1.50 bits per heavy atom. The van der Waals surface area contributed by atoms with Gasteiger partial charge in [0, 0.05) is 19.4 Å². The van der Waals surface area contributed by atoms with E-state index in [-0.39, 0.29) is 25.2 Å². The van der Waals surface area contributed by atoms with Crippen LogP contribution in [-0.2, 0) is 19.1 Å². The van der Waals surface area contributed by atoms with Crippen LogP contribution in [0.2, 0.25) is 0 Å². The first-order valence-corrected chi connectivity index (χ1v) is 15.0. The van der Waals surface area contributed by atoms with Crippen LogP contribution in [0.25, 0.3) is 0 Å². The van der Waals surface area contributed by atoms with Gasteiger partial charge in [0.1, 0.15) is 6.54 Å². The van der Waals surface area contributed by atoms with E-state index in [2.05, 4.69) is 12.2 Å². The molecule has 2 atom stereocenters. The molecule has 38 heavy (non-hydrogen) atoms. The number of aliphatic carboxylic acids is 1. The third-order valence-electron chi connectivity index (χ3n) is 6.79. The van der Waals surface area contributed by atoms with E-state index < -0.39 is 12.1 Å². The number of ether oxygens (including phenoxy) is 2. The molecule has 2 unspecified atom stereocenters. The molecule has 0 aliphatic carbocycles. The molecule has 0 aromatic rings. The third kappa shape index (κ3) is 23.8. The molecule has 0 heterocycles. The maximum absolute atomic E-state index is 12.0. The van der Waals surface area contributed by atoms with Gasteiger partial charge < -0.3 is 39.4 Å². The lowest BCUT2D eigenvalue weighted by Gasteiger charge is -2.30. The van der Waals surface area contributed by atoms with Gasteiger partial charge in [0.05, 0.1) is 65.2 Å². The molecule has 0 bridgehead atoms. The zero-order chi connectivity index (χ0) is 28.5. The van der Waals surface area contributed by atoms with Gasteiger partial charge in [-0.1, -0.05) is 71.1 Å². The van der Waals surface area contributed by atoms with E-state index in [0.717, 1.165) is 64.2 Å². The maximum atomic E-state index is 12.0. The summed E-state index contributed by atoms with van der Waals surface area (Å²) in [5.41, 5.74) is 0. The number of hydrogen-bond donors (Lipinski definition) is 3. The number of rotatable bonds is 28. The van der Waals surface area contributed by atoms with Gasteiger partial charge in [-0.2, -0.15) is 0 Å². The van der Waals surface area contributed by atoms with Gasteiger partial charge in [0.2, 0.25) is 5.91 Å². The van der Waals surface area contributed by atoms with Crippen LogP contribution in [0.1, 0.15) is 103 Å². The van der Waals surface area contributed by atoms with E-state index in [0.29, 0.717) is 43.8 Å². The first-order chi connectivity index (χ1) is 18.2. The first-order valence-electron chi connectivity index (χ1n) is 15.0. The van der Waals surface area contributed by atoms with Gasteiger partial charge in [0.15, 0.2) is 0 Å². The highest BCUT2D eigenvalue weighted by atomic mass is 16.5. The molecule has 0 aliphatic rings. The summed E-state index contributed by atoms with van der Waals surface area (Å²) < 4.78 is 11.6. The van der Waals surface area contributed by atoms with Crippen molar-refractivity contribution in [2.24, 2.45) is 0 Å². The second-order valence-electron chi connectivity index (χ2n) is 11.1. The van der Waals surface area contributed by atoms with Crippen LogP contribution in [0.4, 0.5) is 0 Å². The molecular formula is C29H58N2O7. The van der Waals surface area contributed by atoms with Crippen molar-refractivity contribution in [1.82, 2.24) is 5.32 Å². The smallest absolute Gasteiger partial charge is 0.219 e. The van der Waals surface area contributed by atoms with Gasteiger partial charge in [-0.25, -0.2) is 0 Å². The number of quaternary nitrogens is 1. The minimum Gasteiger partial charge on any atom is -0.544 e. The number of aliphatic hydroxyl groups excluding tert-OH is 2. The van der Waals surface area contributed by atoms with Crippen molar-refractivity contribution in [2.75, 3.05) is 60.2 Å². The molecule has 9 heteroatoms. The van der Waals surface area contributed by atoms with Crippen molar-refractivity contribution in [3.8, 4) is 0 Å². The summed E-state index contributed by atoms with van der Waals surface area (Å²) in [5, 5.41) is 33.2. The Kier molecular flexibility index (Phi) is 23.9. The van der Waals surface area contributed by atoms with Crippen LogP contribution in [-0.4, -0.2) is 98.9 Å². The van der Waals surface area contributed by atoms with Crippen LogP contribution in [0.3, 0.4) is 0 Å². The highest BCUT2D eigenvalue weighted by Gasteiger charge is 2.19. The third-order valence-corrected chi connectivity index (χ3v) is 6.79. The predicted molar refractivity (Wildman–Crippen MR) is 148 cm³/mol. The average Bonchev–Trinajstić information content (AvgIpc) is 2.85. The molecule has 0 saturated carbocycles. The molecular weight excluding hydrogens is 488 g/mol. The van der Waals surface area contributed by atoms with Crippen LogP contribution in [0, 0.1) is 0 Å². The van der Waals surface area contributed by atoms with E-state index in [4.69, 9.17) is 14.6 Å². The number of unbranched alkanes of at least 4 members (excludes halogenated alkanes) is 9. The van der Waals surface area contributed by atoms with Crippen LogP contribution >= 0.6 is 0 Å². The normalized spacial score (nSPS) is 13.4. The summed E-state index contributed by atoms with van der Waals surface area (Å²) in [6.07, 6.45) is 14.2. The Bertz CT molecular complexity index is 575. The number of carboxylic acid groups (broad SMARTS) is 1. The monoisotopic (exact) mass is 546 g/mol. The van der Waals surface area contributed by atoms with Crippen molar-refractivity contribution in [3.05, 3.63) is 0 Å². The average molecular weight is 547 g/mol. The Balaban J connectivity index is 4.03. The molecule has 0 rings (SSSR count). The van der Waals surface area contributed by atoms with Crippen molar-refractivity contribution < 1.29 is 38.9 Å². The fourth-order valence-corrected chi connectivity index (χ4v) is 4.54. The van der Waals surface area contributed by atoms with Crippen LogP contribution < -0.4 is 10.4 Å². The van der Waals surface area contributed by atoms with Crippen LogP contribution in [0.5, 0.6) is 0 Å². The molecule has 1 amide bonds. The fraction of sp³-hybridized carbons (Fsp3) is 0.931.